The number of carbonyl (C=O) groups is 1. The molecular weight excluding hydrogens is 461 g/mol. The lowest BCUT2D eigenvalue weighted by Crippen LogP contribution is -2.03. The van der Waals surface area contributed by atoms with Crippen LogP contribution in [0.2, 0.25) is 10.0 Å². The predicted octanol–water partition coefficient (Wildman–Crippen LogP) is 6.69. The third-order valence-electron chi connectivity index (χ3n) is 4.56. The first-order chi connectivity index (χ1) is 15.9. The number of hydrogen-bond donors (Lipinski definition) is 0. The molecule has 0 aromatic heterocycles. The molecule has 0 unspecified atom stereocenters. The number of methoxy groups -OCH3 is 2. The Hall–Kier alpha value is -3.72. The molecule has 0 saturated heterocycles. The minimum atomic E-state index is -0.567. The zero-order valence-electron chi connectivity index (χ0n) is 17.8. The molecule has 0 N–H and O–H groups in total. The van der Waals surface area contributed by atoms with E-state index < -0.39 is 5.97 Å². The van der Waals surface area contributed by atoms with Crippen molar-refractivity contribution in [3.8, 4) is 23.3 Å². The maximum atomic E-state index is 12.2. The lowest BCUT2D eigenvalue weighted by Gasteiger charge is -2.09. The van der Waals surface area contributed by atoms with Crippen LogP contribution in [0.25, 0.3) is 17.7 Å². The van der Waals surface area contributed by atoms with Gasteiger partial charge in [0.15, 0.2) is 11.5 Å². The van der Waals surface area contributed by atoms with Crippen molar-refractivity contribution >= 4 is 46.9 Å². The van der Waals surface area contributed by atoms with Gasteiger partial charge in [-0.25, -0.2) is 4.79 Å². The van der Waals surface area contributed by atoms with Gasteiger partial charge in [0.25, 0.3) is 0 Å². The molecule has 0 heterocycles. The maximum absolute atomic E-state index is 12.2. The molecule has 3 rings (SSSR count). The van der Waals surface area contributed by atoms with E-state index in [2.05, 4.69) is 6.07 Å². The second-order valence-corrected chi connectivity index (χ2v) is 7.58. The highest BCUT2D eigenvalue weighted by Crippen LogP contribution is 2.31. The highest BCUT2D eigenvalue weighted by molar-refractivity contribution is 6.35. The predicted molar refractivity (Wildman–Crippen MR) is 131 cm³/mol. The van der Waals surface area contributed by atoms with Gasteiger partial charge in [-0.3, -0.25) is 0 Å². The number of halogens is 2. The Labute approximate surface area is 202 Å². The topological polar surface area (TPSA) is 68.5 Å². The fourth-order valence-corrected chi connectivity index (χ4v) is 3.43. The number of carbonyl (C=O) groups excluding carboxylic acids is 1. The number of rotatable bonds is 7. The SMILES string of the molecule is COc1ccc(/C(C#N)=C\c2cccc(OC(=O)/C=C/c3ccc(Cl)cc3Cl)c2)cc1OC. The molecule has 0 aliphatic carbocycles. The second kappa shape index (κ2) is 11.2. The van der Waals surface area contributed by atoms with E-state index in [4.69, 9.17) is 37.4 Å². The van der Waals surface area contributed by atoms with E-state index in [0.717, 1.165) is 0 Å². The molecule has 0 amide bonds. The average Bonchev–Trinajstić information content (AvgIpc) is 2.81. The van der Waals surface area contributed by atoms with Crippen LogP contribution < -0.4 is 14.2 Å². The second-order valence-electron chi connectivity index (χ2n) is 6.73. The minimum absolute atomic E-state index is 0.338. The summed E-state index contributed by atoms with van der Waals surface area (Å²) in [7, 11) is 3.08. The van der Waals surface area contributed by atoms with Gasteiger partial charge in [-0.05, 0) is 71.3 Å². The fourth-order valence-electron chi connectivity index (χ4n) is 2.96. The number of ether oxygens (including phenoxy) is 3. The summed E-state index contributed by atoms with van der Waals surface area (Å²) < 4.78 is 15.9. The molecule has 0 radical (unpaired) electrons. The summed E-state index contributed by atoms with van der Waals surface area (Å²) in [5.41, 5.74) is 2.41. The Morgan fingerprint density at radius 3 is 2.45 bits per heavy atom. The van der Waals surface area contributed by atoms with Crippen molar-refractivity contribution in [1.82, 2.24) is 0 Å². The molecule has 5 nitrogen and oxygen atoms in total. The smallest absolute Gasteiger partial charge is 0.336 e. The van der Waals surface area contributed by atoms with Crippen molar-refractivity contribution in [2.24, 2.45) is 0 Å². The normalized spacial score (nSPS) is 11.2. The molecule has 0 aliphatic rings. The van der Waals surface area contributed by atoms with Gasteiger partial charge in [-0.15, -0.1) is 0 Å². The largest absolute Gasteiger partial charge is 0.493 e. The van der Waals surface area contributed by atoms with Crippen LogP contribution in [0, 0.1) is 11.3 Å². The van der Waals surface area contributed by atoms with Gasteiger partial charge < -0.3 is 14.2 Å². The highest BCUT2D eigenvalue weighted by Gasteiger charge is 2.09. The first kappa shape index (κ1) is 23.9. The maximum Gasteiger partial charge on any atom is 0.336 e. The lowest BCUT2D eigenvalue weighted by molar-refractivity contribution is -0.128. The van der Waals surface area contributed by atoms with E-state index >= 15 is 0 Å². The Morgan fingerprint density at radius 2 is 1.76 bits per heavy atom. The number of hydrogen-bond acceptors (Lipinski definition) is 5. The van der Waals surface area contributed by atoms with Crippen LogP contribution in [0.5, 0.6) is 17.2 Å². The van der Waals surface area contributed by atoms with Crippen LogP contribution in [-0.4, -0.2) is 20.2 Å². The van der Waals surface area contributed by atoms with Crippen LogP contribution >= 0.6 is 23.2 Å². The zero-order chi connectivity index (χ0) is 23.8. The van der Waals surface area contributed by atoms with Gasteiger partial charge in [0.05, 0.1) is 25.9 Å². The summed E-state index contributed by atoms with van der Waals surface area (Å²) >= 11 is 12.0. The van der Waals surface area contributed by atoms with E-state index in [1.807, 2.05) is 0 Å². The molecule has 0 bridgehead atoms. The molecule has 3 aromatic rings. The number of benzene rings is 3. The Bertz CT molecular complexity index is 1280. The van der Waals surface area contributed by atoms with Crippen molar-refractivity contribution in [3.05, 3.63) is 93.5 Å². The number of nitrogens with zero attached hydrogens (tertiary/aromatic N) is 1. The van der Waals surface area contributed by atoms with Crippen molar-refractivity contribution in [3.63, 3.8) is 0 Å². The Balaban J connectivity index is 1.78. The molecule has 0 spiro atoms. The summed E-state index contributed by atoms with van der Waals surface area (Å²) in [4.78, 5) is 12.2. The summed E-state index contributed by atoms with van der Waals surface area (Å²) in [5, 5.41) is 10.6. The fraction of sp³-hybridized carbons (Fsp3) is 0.0769. The van der Waals surface area contributed by atoms with Gasteiger partial charge in [-0.1, -0.05) is 41.4 Å². The van der Waals surface area contributed by atoms with Crippen molar-refractivity contribution in [2.75, 3.05) is 14.2 Å². The molecule has 33 heavy (non-hydrogen) atoms. The van der Waals surface area contributed by atoms with Crippen LogP contribution in [0.15, 0.2) is 66.7 Å². The minimum Gasteiger partial charge on any atom is -0.493 e. The Kier molecular flexibility index (Phi) is 8.15. The van der Waals surface area contributed by atoms with Crippen molar-refractivity contribution in [1.29, 1.82) is 5.26 Å². The van der Waals surface area contributed by atoms with Gasteiger partial charge in [0.2, 0.25) is 0 Å². The molecule has 0 aliphatic heterocycles. The average molecular weight is 480 g/mol. The van der Waals surface area contributed by atoms with Gasteiger partial charge >= 0.3 is 5.97 Å². The van der Waals surface area contributed by atoms with E-state index in [1.165, 1.54) is 13.2 Å². The lowest BCUT2D eigenvalue weighted by atomic mass is 10.0. The van der Waals surface area contributed by atoms with Gasteiger partial charge in [0, 0.05) is 16.1 Å². The summed E-state index contributed by atoms with van der Waals surface area (Å²) in [6, 6.07) is 19.3. The summed E-state index contributed by atoms with van der Waals surface area (Å²) in [5.74, 6) is 0.861. The number of allylic oxidation sites excluding steroid dienone is 1. The first-order valence-electron chi connectivity index (χ1n) is 9.72. The summed E-state index contributed by atoms with van der Waals surface area (Å²) in [6.07, 6.45) is 4.53. The molecule has 0 atom stereocenters. The number of esters is 1. The van der Waals surface area contributed by atoms with E-state index in [1.54, 1.807) is 79.9 Å². The monoisotopic (exact) mass is 479 g/mol. The summed E-state index contributed by atoms with van der Waals surface area (Å²) in [6.45, 7) is 0. The molecule has 0 fully saturated rings. The standard InChI is InChI=1S/C26H19Cl2NO4/c1-31-24-10-7-19(14-25(24)32-2)20(16-29)12-17-4-3-5-22(13-17)33-26(30)11-8-18-6-9-21(27)15-23(18)28/h3-15H,1-2H3/b11-8+,20-12-. The first-order valence-corrected chi connectivity index (χ1v) is 10.5. The molecule has 3 aromatic carbocycles. The third-order valence-corrected chi connectivity index (χ3v) is 5.13. The van der Waals surface area contributed by atoms with E-state index in [9.17, 15) is 10.1 Å². The van der Waals surface area contributed by atoms with Crippen LogP contribution in [0.3, 0.4) is 0 Å². The highest BCUT2D eigenvalue weighted by atomic mass is 35.5. The zero-order valence-corrected chi connectivity index (χ0v) is 19.4. The van der Waals surface area contributed by atoms with Crippen LogP contribution in [-0.2, 0) is 4.79 Å². The molecular formula is C26H19Cl2NO4. The van der Waals surface area contributed by atoms with Gasteiger partial charge in [-0.2, -0.15) is 5.26 Å². The van der Waals surface area contributed by atoms with Crippen molar-refractivity contribution in [2.45, 2.75) is 0 Å². The molecule has 166 valence electrons. The third kappa shape index (κ3) is 6.39. The Morgan fingerprint density at radius 1 is 0.970 bits per heavy atom. The van der Waals surface area contributed by atoms with Crippen LogP contribution in [0.1, 0.15) is 16.7 Å². The molecule has 7 heteroatoms. The quantitative estimate of drug-likeness (QED) is 0.124. The number of nitriles is 1. The van der Waals surface area contributed by atoms with Crippen LogP contribution in [0.4, 0.5) is 0 Å². The van der Waals surface area contributed by atoms with Gasteiger partial charge in [0.1, 0.15) is 5.75 Å². The van der Waals surface area contributed by atoms with E-state index in [0.29, 0.717) is 49.6 Å². The molecule has 0 saturated carbocycles. The van der Waals surface area contributed by atoms with Crippen molar-refractivity contribution < 1.29 is 19.0 Å². The van der Waals surface area contributed by atoms with E-state index in [-0.39, 0.29) is 0 Å².